The normalized spacial score (nSPS) is 10.0. The molecule has 0 aromatic heterocycles. The highest BCUT2D eigenvalue weighted by Gasteiger charge is 2.07. The van der Waals surface area contributed by atoms with Gasteiger partial charge in [-0.15, -0.1) is 0 Å². The Bertz CT molecular complexity index is 217. The van der Waals surface area contributed by atoms with E-state index < -0.39 is 5.97 Å². The SMILES string of the molecule is CCCCCCCCCNC(=O)CC(=O)OC. The van der Waals surface area contributed by atoms with Gasteiger partial charge in [-0.2, -0.15) is 0 Å². The minimum Gasteiger partial charge on any atom is -0.469 e. The molecule has 0 spiro atoms. The zero-order chi connectivity index (χ0) is 12.9. The van der Waals surface area contributed by atoms with Crippen LogP contribution in [0.1, 0.15) is 58.3 Å². The van der Waals surface area contributed by atoms with Gasteiger partial charge in [0.25, 0.3) is 0 Å². The molecule has 0 aliphatic heterocycles. The predicted molar refractivity (Wildman–Crippen MR) is 67.6 cm³/mol. The molecule has 0 fully saturated rings. The Kier molecular flexibility index (Phi) is 10.7. The molecule has 0 heterocycles. The second-order valence-electron chi connectivity index (χ2n) is 4.22. The van der Waals surface area contributed by atoms with Crippen LogP contribution < -0.4 is 5.32 Å². The number of methoxy groups -OCH3 is 1. The number of ether oxygens (including phenoxy) is 1. The van der Waals surface area contributed by atoms with E-state index in [1.165, 1.54) is 39.2 Å². The van der Waals surface area contributed by atoms with Crippen molar-refractivity contribution in [1.82, 2.24) is 5.32 Å². The number of unbranched alkanes of at least 4 members (excludes halogenated alkanes) is 6. The molecule has 0 aromatic rings. The van der Waals surface area contributed by atoms with Crippen molar-refractivity contribution >= 4 is 11.9 Å². The summed E-state index contributed by atoms with van der Waals surface area (Å²) < 4.78 is 4.40. The van der Waals surface area contributed by atoms with Crippen molar-refractivity contribution in [1.29, 1.82) is 0 Å². The molecule has 0 aliphatic carbocycles. The highest BCUT2D eigenvalue weighted by molar-refractivity contribution is 5.94. The van der Waals surface area contributed by atoms with Crippen LogP contribution in [-0.2, 0) is 14.3 Å². The first-order valence-electron chi connectivity index (χ1n) is 6.54. The van der Waals surface area contributed by atoms with Crippen LogP contribution in [-0.4, -0.2) is 25.5 Å². The Morgan fingerprint density at radius 2 is 1.59 bits per heavy atom. The largest absolute Gasteiger partial charge is 0.469 e. The molecule has 0 rings (SSSR count). The number of carbonyl (C=O) groups is 2. The Balaban J connectivity index is 3.22. The Labute approximate surface area is 104 Å². The summed E-state index contributed by atoms with van der Waals surface area (Å²) in [5.74, 6) is -0.732. The first-order chi connectivity index (χ1) is 8.20. The molecule has 0 radical (unpaired) electrons. The van der Waals surface area contributed by atoms with E-state index in [1.807, 2.05) is 0 Å². The van der Waals surface area contributed by atoms with Gasteiger partial charge in [-0.25, -0.2) is 0 Å². The number of amides is 1. The summed E-state index contributed by atoms with van der Waals surface area (Å²) in [6.07, 6.45) is 8.36. The van der Waals surface area contributed by atoms with Crippen molar-refractivity contribution in [2.24, 2.45) is 0 Å². The van der Waals surface area contributed by atoms with Gasteiger partial charge in [0.2, 0.25) is 5.91 Å². The fourth-order valence-electron chi connectivity index (χ4n) is 1.58. The van der Waals surface area contributed by atoms with Gasteiger partial charge in [-0.1, -0.05) is 45.4 Å². The zero-order valence-corrected chi connectivity index (χ0v) is 11.1. The van der Waals surface area contributed by atoms with Crippen LogP contribution in [0.3, 0.4) is 0 Å². The lowest BCUT2D eigenvalue weighted by Gasteiger charge is -2.04. The maximum atomic E-state index is 11.2. The monoisotopic (exact) mass is 243 g/mol. The molecule has 0 aromatic carbocycles. The first kappa shape index (κ1) is 15.9. The van der Waals surface area contributed by atoms with Gasteiger partial charge in [-0.05, 0) is 6.42 Å². The number of rotatable bonds is 10. The quantitative estimate of drug-likeness (QED) is 0.364. The van der Waals surface area contributed by atoms with Crippen LogP contribution in [0, 0.1) is 0 Å². The van der Waals surface area contributed by atoms with E-state index in [0.29, 0.717) is 6.54 Å². The molecule has 0 aliphatic rings. The van der Waals surface area contributed by atoms with Crippen molar-refractivity contribution in [2.45, 2.75) is 58.3 Å². The molecule has 4 nitrogen and oxygen atoms in total. The zero-order valence-electron chi connectivity index (χ0n) is 11.1. The van der Waals surface area contributed by atoms with Crippen molar-refractivity contribution < 1.29 is 14.3 Å². The average molecular weight is 243 g/mol. The van der Waals surface area contributed by atoms with E-state index in [1.54, 1.807) is 0 Å². The van der Waals surface area contributed by atoms with Crippen LogP contribution >= 0.6 is 0 Å². The third-order valence-corrected chi connectivity index (χ3v) is 2.64. The number of nitrogens with one attached hydrogen (secondary N) is 1. The minimum atomic E-state index is -0.484. The molecule has 1 N–H and O–H groups in total. The summed E-state index contributed by atoms with van der Waals surface area (Å²) in [6, 6.07) is 0. The lowest BCUT2D eigenvalue weighted by Crippen LogP contribution is -2.27. The van der Waals surface area contributed by atoms with E-state index in [-0.39, 0.29) is 12.3 Å². The smallest absolute Gasteiger partial charge is 0.315 e. The van der Waals surface area contributed by atoms with Gasteiger partial charge in [0.15, 0.2) is 0 Å². The maximum Gasteiger partial charge on any atom is 0.315 e. The minimum absolute atomic E-state index is 0.174. The second-order valence-corrected chi connectivity index (χ2v) is 4.22. The topological polar surface area (TPSA) is 55.4 Å². The van der Waals surface area contributed by atoms with Crippen LogP contribution in [0.25, 0.3) is 0 Å². The van der Waals surface area contributed by atoms with E-state index in [0.717, 1.165) is 12.8 Å². The molecule has 1 amide bonds. The van der Waals surface area contributed by atoms with E-state index in [2.05, 4.69) is 17.0 Å². The highest BCUT2D eigenvalue weighted by Crippen LogP contribution is 2.06. The summed E-state index contributed by atoms with van der Waals surface area (Å²) in [7, 11) is 1.28. The summed E-state index contributed by atoms with van der Waals surface area (Å²) in [5, 5.41) is 2.71. The molecule has 100 valence electrons. The van der Waals surface area contributed by atoms with E-state index >= 15 is 0 Å². The van der Waals surface area contributed by atoms with Gasteiger partial charge in [-0.3, -0.25) is 9.59 Å². The molecule has 0 unspecified atom stereocenters. The lowest BCUT2D eigenvalue weighted by atomic mass is 10.1. The molecule has 4 heteroatoms. The predicted octanol–water partition coefficient (Wildman–Crippen LogP) is 2.42. The molecule has 0 bridgehead atoms. The molecule has 0 saturated heterocycles. The number of hydrogen-bond acceptors (Lipinski definition) is 3. The van der Waals surface area contributed by atoms with Crippen LogP contribution in [0.4, 0.5) is 0 Å². The van der Waals surface area contributed by atoms with E-state index in [4.69, 9.17) is 0 Å². The van der Waals surface area contributed by atoms with E-state index in [9.17, 15) is 9.59 Å². The van der Waals surface area contributed by atoms with Gasteiger partial charge in [0.1, 0.15) is 6.42 Å². The molecule has 0 saturated carbocycles. The van der Waals surface area contributed by atoms with Crippen molar-refractivity contribution in [3.8, 4) is 0 Å². The Morgan fingerprint density at radius 1 is 1.00 bits per heavy atom. The summed E-state index contributed by atoms with van der Waals surface area (Å²) >= 11 is 0. The van der Waals surface area contributed by atoms with Crippen molar-refractivity contribution in [2.75, 3.05) is 13.7 Å². The van der Waals surface area contributed by atoms with Crippen molar-refractivity contribution in [3.63, 3.8) is 0 Å². The highest BCUT2D eigenvalue weighted by atomic mass is 16.5. The van der Waals surface area contributed by atoms with Crippen LogP contribution in [0.15, 0.2) is 0 Å². The van der Waals surface area contributed by atoms with Gasteiger partial charge >= 0.3 is 5.97 Å². The summed E-state index contributed by atoms with van der Waals surface area (Å²) in [4.78, 5) is 21.9. The lowest BCUT2D eigenvalue weighted by molar-refractivity contribution is -0.143. The second kappa shape index (κ2) is 11.4. The van der Waals surface area contributed by atoms with Crippen LogP contribution in [0.5, 0.6) is 0 Å². The summed E-state index contributed by atoms with van der Waals surface area (Å²) in [6.45, 7) is 2.86. The number of esters is 1. The Morgan fingerprint density at radius 3 is 2.18 bits per heavy atom. The number of hydrogen-bond donors (Lipinski definition) is 1. The van der Waals surface area contributed by atoms with Crippen LogP contribution in [0.2, 0.25) is 0 Å². The Hall–Kier alpha value is -1.06. The van der Waals surface area contributed by atoms with Gasteiger partial charge in [0, 0.05) is 6.54 Å². The van der Waals surface area contributed by atoms with Gasteiger partial charge < -0.3 is 10.1 Å². The molecule has 17 heavy (non-hydrogen) atoms. The molecular weight excluding hydrogens is 218 g/mol. The number of carbonyl (C=O) groups excluding carboxylic acids is 2. The third-order valence-electron chi connectivity index (χ3n) is 2.64. The molecule has 0 atom stereocenters. The standard InChI is InChI=1S/C13H25NO3/c1-3-4-5-6-7-8-9-10-14-12(15)11-13(16)17-2/h3-11H2,1-2H3,(H,14,15). The maximum absolute atomic E-state index is 11.2. The van der Waals surface area contributed by atoms with Gasteiger partial charge in [0.05, 0.1) is 7.11 Å². The fraction of sp³-hybridized carbons (Fsp3) is 0.846. The average Bonchev–Trinajstić information content (AvgIpc) is 2.32. The fourth-order valence-corrected chi connectivity index (χ4v) is 1.58. The third kappa shape index (κ3) is 11.2. The first-order valence-corrected chi connectivity index (χ1v) is 6.54. The summed E-state index contributed by atoms with van der Waals surface area (Å²) in [5.41, 5.74) is 0. The van der Waals surface area contributed by atoms with Crippen molar-refractivity contribution in [3.05, 3.63) is 0 Å². The molecular formula is C13H25NO3.